The molecule has 1 heterocycles. The Bertz CT molecular complexity index is 559. The van der Waals surface area contributed by atoms with E-state index in [-0.39, 0.29) is 5.78 Å². The van der Waals surface area contributed by atoms with Crippen LogP contribution in [0.4, 0.5) is 5.69 Å². The van der Waals surface area contributed by atoms with Crippen LogP contribution in [0, 0.1) is 23.2 Å². The van der Waals surface area contributed by atoms with Crippen molar-refractivity contribution in [3.05, 3.63) is 29.3 Å². The number of Topliss-reactive ketones (excluding diaryl/α,β-unsaturated/α-hetero) is 1. The molecule has 1 saturated heterocycles. The smallest absolute Gasteiger partial charge is 0.161 e. The number of benzene rings is 1. The van der Waals surface area contributed by atoms with Gasteiger partial charge in [0.25, 0.3) is 0 Å². The molecule has 106 valence electrons. The van der Waals surface area contributed by atoms with E-state index in [0.717, 1.165) is 17.8 Å². The van der Waals surface area contributed by atoms with Crippen molar-refractivity contribution in [3.63, 3.8) is 0 Å². The van der Waals surface area contributed by atoms with Gasteiger partial charge < -0.3 is 4.90 Å². The molecule has 0 N–H and O–H groups in total. The lowest BCUT2D eigenvalue weighted by atomic mass is 9.85. The molecule has 0 saturated carbocycles. The molecule has 1 aromatic rings. The molecule has 0 amide bonds. The molecule has 3 nitrogen and oxygen atoms in total. The molecular formula is C17H22N2O. The van der Waals surface area contributed by atoms with E-state index < -0.39 is 0 Å². The van der Waals surface area contributed by atoms with Crippen LogP contribution < -0.4 is 4.90 Å². The Morgan fingerprint density at radius 2 is 2.05 bits per heavy atom. The molecule has 1 aliphatic rings. The third-order valence-electron chi connectivity index (χ3n) is 4.41. The summed E-state index contributed by atoms with van der Waals surface area (Å²) < 4.78 is 0. The quantitative estimate of drug-likeness (QED) is 0.771. The fraction of sp³-hybridized carbons (Fsp3) is 0.529. The maximum absolute atomic E-state index is 11.9. The third-order valence-corrected chi connectivity index (χ3v) is 4.41. The second-order valence-corrected chi connectivity index (χ2v) is 6.11. The highest BCUT2D eigenvalue weighted by Crippen LogP contribution is 2.33. The number of carbonyl (C=O) groups excluding carboxylic acids is 1. The molecule has 2 rings (SSSR count). The minimum absolute atomic E-state index is 0.0579. The van der Waals surface area contributed by atoms with Gasteiger partial charge in [-0.3, -0.25) is 4.79 Å². The van der Waals surface area contributed by atoms with Crippen LogP contribution in [0.5, 0.6) is 0 Å². The predicted molar refractivity (Wildman–Crippen MR) is 80.9 cm³/mol. The number of piperidine rings is 1. The molecule has 20 heavy (non-hydrogen) atoms. The Morgan fingerprint density at radius 1 is 1.35 bits per heavy atom. The molecule has 3 unspecified atom stereocenters. The summed E-state index contributed by atoms with van der Waals surface area (Å²) in [6.07, 6.45) is 1.21. The Labute approximate surface area is 121 Å². The van der Waals surface area contributed by atoms with Crippen molar-refractivity contribution < 1.29 is 4.79 Å². The van der Waals surface area contributed by atoms with E-state index in [4.69, 9.17) is 5.26 Å². The topological polar surface area (TPSA) is 44.1 Å². The molecule has 0 spiro atoms. The Morgan fingerprint density at radius 3 is 2.65 bits per heavy atom. The molecule has 1 aliphatic heterocycles. The molecular weight excluding hydrogens is 248 g/mol. The van der Waals surface area contributed by atoms with E-state index in [1.807, 2.05) is 6.07 Å². The van der Waals surface area contributed by atoms with Crippen LogP contribution in [0.1, 0.15) is 50.0 Å². The zero-order valence-corrected chi connectivity index (χ0v) is 12.7. The monoisotopic (exact) mass is 270 g/mol. The van der Waals surface area contributed by atoms with Gasteiger partial charge in [-0.05, 0) is 50.3 Å². The van der Waals surface area contributed by atoms with Crippen LogP contribution in [-0.2, 0) is 0 Å². The first kappa shape index (κ1) is 14.6. The maximum Gasteiger partial charge on any atom is 0.161 e. The van der Waals surface area contributed by atoms with Crippen LogP contribution in [0.25, 0.3) is 0 Å². The van der Waals surface area contributed by atoms with Crippen molar-refractivity contribution >= 4 is 11.5 Å². The van der Waals surface area contributed by atoms with Crippen molar-refractivity contribution in [2.45, 2.75) is 40.2 Å². The predicted octanol–water partition coefficient (Wildman–Crippen LogP) is 3.63. The van der Waals surface area contributed by atoms with Gasteiger partial charge in [0.15, 0.2) is 5.78 Å². The normalized spacial score (nSPS) is 26.1. The molecule has 3 atom stereocenters. The first-order valence-corrected chi connectivity index (χ1v) is 7.25. The number of carbonyl (C=O) groups is 1. The number of rotatable bonds is 2. The Kier molecular flexibility index (Phi) is 4.13. The number of nitriles is 1. The number of anilines is 1. The molecule has 0 aliphatic carbocycles. The van der Waals surface area contributed by atoms with Gasteiger partial charge in [0, 0.05) is 23.8 Å². The highest BCUT2D eigenvalue weighted by atomic mass is 16.1. The molecule has 0 aromatic heterocycles. The zero-order chi connectivity index (χ0) is 14.9. The summed E-state index contributed by atoms with van der Waals surface area (Å²) in [5.74, 6) is 1.25. The number of nitrogens with zero attached hydrogens (tertiary/aromatic N) is 2. The second-order valence-electron chi connectivity index (χ2n) is 6.11. The van der Waals surface area contributed by atoms with Gasteiger partial charge in [0.2, 0.25) is 0 Å². The average molecular weight is 270 g/mol. The van der Waals surface area contributed by atoms with Crippen LogP contribution in [0.15, 0.2) is 18.2 Å². The standard InChI is InChI=1S/C17H22N2O/c1-11-7-12(2)13(3)19(10-11)17-8-15(9-18)5-6-16(17)14(4)20/h5-6,8,11-13H,7,10H2,1-4H3. The van der Waals surface area contributed by atoms with Gasteiger partial charge in [-0.1, -0.05) is 13.8 Å². The lowest BCUT2D eigenvalue weighted by Gasteiger charge is -2.43. The van der Waals surface area contributed by atoms with Gasteiger partial charge in [0.05, 0.1) is 11.6 Å². The summed E-state index contributed by atoms with van der Waals surface area (Å²) in [7, 11) is 0. The van der Waals surface area contributed by atoms with E-state index in [1.54, 1.807) is 19.1 Å². The summed E-state index contributed by atoms with van der Waals surface area (Å²) in [5.41, 5.74) is 2.25. The molecule has 1 aromatic carbocycles. The average Bonchev–Trinajstić information content (AvgIpc) is 2.42. The SMILES string of the molecule is CC(=O)c1ccc(C#N)cc1N1CC(C)CC(C)C1C. The van der Waals surface area contributed by atoms with E-state index in [9.17, 15) is 4.79 Å². The van der Waals surface area contributed by atoms with Crippen molar-refractivity contribution in [2.24, 2.45) is 11.8 Å². The van der Waals surface area contributed by atoms with Crippen molar-refractivity contribution in [2.75, 3.05) is 11.4 Å². The summed E-state index contributed by atoms with van der Waals surface area (Å²) >= 11 is 0. The number of ketones is 1. The van der Waals surface area contributed by atoms with Gasteiger partial charge in [-0.25, -0.2) is 0 Å². The molecule has 1 fully saturated rings. The zero-order valence-electron chi connectivity index (χ0n) is 12.7. The van der Waals surface area contributed by atoms with E-state index in [1.165, 1.54) is 6.42 Å². The van der Waals surface area contributed by atoms with Crippen LogP contribution in [0.3, 0.4) is 0 Å². The van der Waals surface area contributed by atoms with Gasteiger partial charge >= 0.3 is 0 Å². The van der Waals surface area contributed by atoms with Crippen molar-refractivity contribution in [1.82, 2.24) is 0 Å². The first-order valence-electron chi connectivity index (χ1n) is 7.25. The minimum atomic E-state index is 0.0579. The summed E-state index contributed by atoms with van der Waals surface area (Å²) in [5, 5.41) is 9.11. The van der Waals surface area contributed by atoms with Crippen LogP contribution in [-0.4, -0.2) is 18.4 Å². The Balaban J connectivity index is 2.49. The van der Waals surface area contributed by atoms with Crippen molar-refractivity contribution in [1.29, 1.82) is 5.26 Å². The fourth-order valence-corrected chi connectivity index (χ4v) is 3.17. The van der Waals surface area contributed by atoms with E-state index >= 15 is 0 Å². The Hall–Kier alpha value is -1.82. The first-order chi connectivity index (χ1) is 9.43. The van der Waals surface area contributed by atoms with Gasteiger partial charge in [-0.15, -0.1) is 0 Å². The highest BCUT2D eigenvalue weighted by molar-refractivity contribution is 6.00. The molecule has 3 heteroatoms. The van der Waals surface area contributed by atoms with Gasteiger partial charge in [0.1, 0.15) is 0 Å². The largest absolute Gasteiger partial charge is 0.368 e. The summed E-state index contributed by atoms with van der Waals surface area (Å²) in [6, 6.07) is 7.93. The maximum atomic E-state index is 11.9. The van der Waals surface area contributed by atoms with E-state index in [2.05, 4.69) is 31.7 Å². The van der Waals surface area contributed by atoms with Crippen LogP contribution in [0.2, 0.25) is 0 Å². The lowest BCUT2D eigenvalue weighted by Crippen LogP contribution is -2.46. The molecule has 0 radical (unpaired) electrons. The van der Waals surface area contributed by atoms with Gasteiger partial charge in [-0.2, -0.15) is 5.26 Å². The fourth-order valence-electron chi connectivity index (χ4n) is 3.17. The van der Waals surface area contributed by atoms with Crippen LogP contribution >= 0.6 is 0 Å². The summed E-state index contributed by atoms with van der Waals surface area (Å²) in [6.45, 7) is 9.25. The highest BCUT2D eigenvalue weighted by Gasteiger charge is 2.30. The third kappa shape index (κ3) is 2.70. The van der Waals surface area contributed by atoms with Crippen molar-refractivity contribution in [3.8, 4) is 6.07 Å². The summed E-state index contributed by atoms with van der Waals surface area (Å²) in [4.78, 5) is 14.2. The second kappa shape index (κ2) is 5.66. The van der Waals surface area contributed by atoms with E-state index in [0.29, 0.717) is 23.4 Å². The lowest BCUT2D eigenvalue weighted by molar-refractivity contribution is 0.101. The molecule has 0 bridgehead atoms. The number of hydrogen-bond donors (Lipinski definition) is 0. The minimum Gasteiger partial charge on any atom is -0.368 e. The number of hydrogen-bond acceptors (Lipinski definition) is 3.